The molecular formula is C16H27NO. The van der Waals surface area contributed by atoms with Gasteiger partial charge in [0.25, 0.3) is 0 Å². The fourth-order valence-electron chi connectivity index (χ4n) is 3.37. The minimum Gasteiger partial charge on any atom is -0.302 e. The number of ketones is 1. The van der Waals surface area contributed by atoms with Gasteiger partial charge in [-0.2, -0.15) is 0 Å². The molecule has 0 spiro atoms. The first-order valence-electron chi connectivity index (χ1n) is 7.95. The van der Waals surface area contributed by atoms with Crippen LogP contribution in [0.1, 0.15) is 51.9 Å². The van der Waals surface area contributed by atoms with Gasteiger partial charge in [0, 0.05) is 32.0 Å². The molecule has 0 aliphatic heterocycles. The lowest BCUT2D eigenvalue weighted by Gasteiger charge is -2.31. The molecule has 3 aliphatic carbocycles. The molecule has 3 aliphatic rings. The first-order chi connectivity index (χ1) is 8.70. The van der Waals surface area contributed by atoms with E-state index in [-0.39, 0.29) is 0 Å². The molecule has 18 heavy (non-hydrogen) atoms. The molecule has 3 saturated carbocycles. The third-order valence-electron chi connectivity index (χ3n) is 4.93. The Hall–Kier alpha value is -0.370. The topological polar surface area (TPSA) is 20.3 Å². The van der Waals surface area contributed by atoms with Gasteiger partial charge in [-0.3, -0.25) is 4.79 Å². The van der Waals surface area contributed by atoms with Crippen molar-refractivity contribution in [1.29, 1.82) is 0 Å². The zero-order valence-electron chi connectivity index (χ0n) is 11.7. The van der Waals surface area contributed by atoms with Crippen LogP contribution in [0.15, 0.2) is 0 Å². The van der Waals surface area contributed by atoms with Crippen molar-refractivity contribution in [3.05, 3.63) is 0 Å². The maximum Gasteiger partial charge on any atom is 0.137 e. The third-order valence-corrected chi connectivity index (χ3v) is 4.93. The quantitative estimate of drug-likeness (QED) is 0.721. The van der Waals surface area contributed by atoms with E-state index < -0.39 is 0 Å². The highest BCUT2D eigenvalue weighted by atomic mass is 16.1. The Balaban J connectivity index is 1.53. The van der Waals surface area contributed by atoms with Crippen LogP contribution in [0.3, 0.4) is 0 Å². The Morgan fingerprint density at radius 2 is 1.61 bits per heavy atom. The molecule has 0 amide bonds. The van der Waals surface area contributed by atoms with Gasteiger partial charge < -0.3 is 4.90 Å². The monoisotopic (exact) mass is 249 g/mol. The van der Waals surface area contributed by atoms with Crippen molar-refractivity contribution >= 4 is 5.78 Å². The average molecular weight is 249 g/mol. The van der Waals surface area contributed by atoms with Crippen LogP contribution < -0.4 is 0 Å². The summed E-state index contributed by atoms with van der Waals surface area (Å²) in [5, 5.41) is 0. The lowest BCUT2D eigenvalue weighted by molar-refractivity contribution is -0.126. The Morgan fingerprint density at radius 1 is 1.00 bits per heavy atom. The molecule has 0 aromatic rings. The van der Waals surface area contributed by atoms with Gasteiger partial charge >= 0.3 is 0 Å². The van der Waals surface area contributed by atoms with Gasteiger partial charge in [-0.1, -0.05) is 6.92 Å². The molecule has 0 radical (unpaired) electrons. The van der Waals surface area contributed by atoms with Crippen LogP contribution in [0.4, 0.5) is 0 Å². The molecule has 0 heterocycles. The van der Waals surface area contributed by atoms with Gasteiger partial charge in [-0.15, -0.1) is 0 Å². The minimum atomic E-state index is 0.353. The Bertz CT molecular complexity index is 292. The van der Waals surface area contributed by atoms with Gasteiger partial charge in [0.15, 0.2) is 0 Å². The van der Waals surface area contributed by atoms with E-state index in [2.05, 4.69) is 11.8 Å². The number of hydrogen-bond acceptors (Lipinski definition) is 2. The Labute approximate surface area is 111 Å². The summed E-state index contributed by atoms with van der Waals surface area (Å²) in [7, 11) is 0. The zero-order valence-corrected chi connectivity index (χ0v) is 11.7. The zero-order chi connectivity index (χ0) is 12.5. The molecule has 0 aromatic carbocycles. The minimum absolute atomic E-state index is 0.353. The van der Waals surface area contributed by atoms with E-state index in [1.54, 1.807) is 0 Å². The van der Waals surface area contributed by atoms with Crippen LogP contribution >= 0.6 is 0 Å². The number of hydrogen-bond donors (Lipinski definition) is 0. The van der Waals surface area contributed by atoms with E-state index >= 15 is 0 Å². The van der Waals surface area contributed by atoms with Gasteiger partial charge in [0.2, 0.25) is 0 Å². The van der Waals surface area contributed by atoms with Crippen LogP contribution in [-0.2, 0) is 4.79 Å². The molecule has 0 aromatic heterocycles. The highest BCUT2D eigenvalue weighted by Crippen LogP contribution is 2.35. The van der Waals surface area contributed by atoms with Crippen molar-refractivity contribution in [2.45, 2.75) is 51.9 Å². The van der Waals surface area contributed by atoms with Crippen molar-refractivity contribution in [2.75, 3.05) is 19.6 Å². The van der Waals surface area contributed by atoms with E-state index in [9.17, 15) is 4.79 Å². The summed E-state index contributed by atoms with van der Waals surface area (Å²) in [4.78, 5) is 14.7. The normalized spacial score (nSPS) is 33.1. The molecule has 0 N–H and O–H groups in total. The van der Waals surface area contributed by atoms with Crippen LogP contribution in [-0.4, -0.2) is 30.3 Å². The number of carbonyl (C=O) groups is 1. The second-order valence-corrected chi connectivity index (χ2v) is 7.15. The number of nitrogens with zero attached hydrogens (tertiary/aromatic N) is 1. The summed E-state index contributed by atoms with van der Waals surface area (Å²) in [5.41, 5.74) is 0. The summed E-state index contributed by atoms with van der Waals surface area (Å²) in [6.07, 6.45) is 8.82. The summed E-state index contributed by atoms with van der Waals surface area (Å²) in [5.74, 6) is 3.58. The summed E-state index contributed by atoms with van der Waals surface area (Å²) in [6, 6.07) is 0. The van der Waals surface area contributed by atoms with E-state index in [0.29, 0.717) is 11.7 Å². The van der Waals surface area contributed by atoms with Crippen LogP contribution in [0, 0.1) is 23.7 Å². The first kappa shape index (κ1) is 12.7. The summed E-state index contributed by atoms with van der Waals surface area (Å²) < 4.78 is 0. The van der Waals surface area contributed by atoms with Crippen molar-refractivity contribution in [3.8, 4) is 0 Å². The van der Waals surface area contributed by atoms with Crippen molar-refractivity contribution in [1.82, 2.24) is 4.90 Å². The predicted octanol–water partition coefficient (Wildman–Crippen LogP) is 3.11. The van der Waals surface area contributed by atoms with Crippen molar-refractivity contribution < 1.29 is 4.79 Å². The predicted molar refractivity (Wildman–Crippen MR) is 73.4 cm³/mol. The molecular weight excluding hydrogens is 222 g/mol. The lowest BCUT2D eigenvalue weighted by atomic mass is 9.81. The van der Waals surface area contributed by atoms with Gasteiger partial charge in [-0.05, 0) is 56.3 Å². The molecule has 2 heteroatoms. The average Bonchev–Trinajstić information content (AvgIpc) is 3.19. The smallest absolute Gasteiger partial charge is 0.137 e. The van der Waals surface area contributed by atoms with E-state index in [0.717, 1.165) is 43.6 Å². The Morgan fingerprint density at radius 3 is 2.17 bits per heavy atom. The SMILES string of the molecule is CC1CCC(=O)C(CN(CC2CC2)CC2CC2)C1. The second-order valence-electron chi connectivity index (χ2n) is 7.15. The molecule has 0 bridgehead atoms. The number of Topliss-reactive ketones (excluding diaryl/α,β-unsaturated/α-hetero) is 1. The maximum atomic E-state index is 12.1. The van der Waals surface area contributed by atoms with Crippen molar-refractivity contribution in [2.24, 2.45) is 23.7 Å². The summed E-state index contributed by atoms with van der Waals surface area (Å²) >= 11 is 0. The van der Waals surface area contributed by atoms with Gasteiger partial charge in [0.05, 0.1) is 0 Å². The van der Waals surface area contributed by atoms with E-state index in [1.807, 2.05) is 0 Å². The largest absolute Gasteiger partial charge is 0.302 e. The van der Waals surface area contributed by atoms with Gasteiger partial charge in [0.1, 0.15) is 5.78 Å². The third kappa shape index (κ3) is 3.57. The standard InChI is InChI=1S/C16H27NO/c1-12-2-7-16(18)15(8-12)11-17(9-13-3-4-13)10-14-5-6-14/h12-15H,2-11H2,1H3. The molecule has 2 unspecified atom stereocenters. The molecule has 2 nitrogen and oxygen atoms in total. The van der Waals surface area contributed by atoms with E-state index in [1.165, 1.54) is 38.8 Å². The molecule has 2 atom stereocenters. The van der Waals surface area contributed by atoms with Crippen molar-refractivity contribution in [3.63, 3.8) is 0 Å². The fraction of sp³-hybridized carbons (Fsp3) is 0.938. The second kappa shape index (κ2) is 5.32. The van der Waals surface area contributed by atoms with Crippen LogP contribution in [0.2, 0.25) is 0 Å². The highest BCUT2D eigenvalue weighted by Gasteiger charge is 2.33. The van der Waals surface area contributed by atoms with E-state index in [4.69, 9.17) is 0 Å². The number of carbonyl (C=O) groups excluding carboxylic acids is 1. The molecule has 3 fully saturated rings. The molecule has 0 saturated heterocycles. The highest BCUT2D eigenvalue weighted by molar-refractivity contribution is 5.81. The summed E-state index contributed by atoms with van der Waals surface area (Å²) in [6.45, 7) is 5.92. The van der Waals surface area contributed by atoms with Crippen LogP contribution in [0.5, 0.6) is 0 Å². The maximum absolute atomic E-state index is 12.1. The van der Waals surface area contributed by atoms with Crippen LogP contribution in [0.25, 0.3) is 0 Å². The van der Waals surface area contributed by atoms with Gasteiger partial charge in [-0.25, -0.2) is 0 Å². The lowest BCUT2D eigenvalue weighted by Crippen LogP contribution is -2.38. The molecule has 3 rings (SSSR count). The fourth-order valence-corrected chi connectivity index (χ4v) is 3.37. The molecule has 102 valence electrons. The first-order valence-corrected chi connectivity index (χ1v) is 7.95. The number of rotatable bonds is 6. The Kier molecular flexibility index (Phi) is 3.74.